The van der Waals surface area contributed by atoms with Crippen LogP contribution in [0, 0.1) is 0 Å². The fraction of sp³-hybridized carbons (Fsp3) is 0.455. The first kappa shape index (κ1) is 16.5. The van der Waals surface area contributed by atoms with Crippen molar-refractivity contribution in [3.8, 4) is 0 Å². The Bertz CT molecular complexity index is 863. The van der Waals surface area contributed by atoms with Gasteiger partial charge in [-0.25, -0.2) is 0 Å². The van der Waals surface area contributed by atoms with Crippen molar-refractivity contribution >= 4 is 22.2 Å². The number of allylic oxidation sites excluding steroid dienone is 1. The van der Waals surface area contributed by atoms with Gasteiger partial charge in [-0.15, -0.1) is 0 Å². The highest BCUT2D eigenvalue weighted by Gasteiger charge is 2.30. The minimum absolute atomic E-state index is 0.575. The lowest BCUT2D eigenvalue weighted by Crippen LogP contribution is -2.31. The molecule has 4 rings (SSSR count). The molecular formula is C22H27N3. The Hall–Kier alpha value is -2.00. The van der Waals surface area contributed by atoms with E-state index in [0.29, 0.717) is 12.0 Å². The first-order chi connectivity index (χ1) is 12.2. The Balaban J connectivity index is 1.88. The molecule has 1 aromatic carbocycles. The molecule has 0 radical (unpaired) electrons. The van der Waals surface area contributed by atoms with Gasteiger partial charge in [-0.3, -0.25) is 9.98 Å². The van der Waals surface area contributed by atoms with Crippen molar-refractivity contribution in [2.45, 2.75) is 52.0 Å². The number of hydrogen-bond donors (Lipinski definition) is 1. The second-order valence-corrected chi connectivity index (χ2v) is 7.39. The molecule has 1 aliphatic heterocycles. The molecule has 1 N–H and O–H groups in total. The predicted octanol–water partition coefficient (Wildman–Crippen LogP) is 4.73. The highest BCUT2D eigenvalue weighted by Crippen LogP contribution is 2.40. The maximum absolute atomic E-state index is 4.68. The lowest BCUT2D eigenvalue weighted by molar-refractivity contribution is 0.494. The molecular weight excluding hydrogens is 306 g/mol. The van der Waals surface area contributed by atoms with Gasteiger partial charge in [0.1, 0.15) is 0 Å². The quantitative estimate of drug-likeness (QED) is 0.878. The number of aromatic nitrogens is 1. The predicted molar refractivity (Wildman–Crippen MR) is 106 cm³/mol. The zero-order valence-electron chi connectivity index (χ0n) is 15.5. The van der Waals surface area contributed by atoms with Crippen LogP contribution in [0.3, 0.4) is 0 Å². The molecule has 0 bridgehead atoms. The highest BCUT2D eigenvalue weighted by atomic mass is 14.9. The molecule has 0 amide bonds. The standard InChI is InChI=1S/C22H27N3/c1-4-23-20-9-5-7-17(20)19-11-16(22-14(2)13-25-15(22)3)12-21-18(19)8-6-10-24-21/h6,8,10-12,17,20,23H,4-5,7,9,13H2,1-3H3. The minimum Gasteiger partial charge on any atom is -0.314 e. The topological polar surface area (TPSA) is 37.3 Å². The fourth-order valence-corrected chi connectivity index (χ4v) is 4.66. The number of likely N-dealkylation sites (N-methyl/N-ethyl adjacent to an activating group) is 1. The third kappa shape index (κ3) is 2.91. The van der Waals surface area contributed by atoms with Crippen molar-refractivity contribution in [3.05, 3.63) is 47.2 Å². The summed E-state index contributed by atoms with van der Waals surface area (Å²) in [5.74, 6) is 0.575. The van der Waals surface area contributed by atoms with E-state index < -0.39 is 0 Å². The van der Waals surface area contributed by atoms with E-state index in [9.17, 15) is 0 Å². The molecule has 2 aromatic rings. The van der Waals surface area contributed by atoms with Gasteiger partial charge < -0.3 is 5.32 Å². The molecule has 2 unspecified atom stereocenters. The van der Waals surface area contributed by atoms with E-state index in [4.69, 9.17) is 0 Å². The number of aliphatic imine (C=N–C) groups is 1. The zero-order chi connectivity index (χ0) is 17.4. The number of nitrogens with zero attached hydrogens (tertiary/aromatic N) is 2. The van der Waals surface area contributed by atoms with Crippen LogP contribution in [0.15, 0.2) is 41.0 Å². The third-order valence-corrected chi connectivity index (χ3v) is 5.77. The van der Waals surface area contributed by atoms with Gasteiger partial charge in [-0.05, 0) is 74.1 Å². The van der Waals surface area contributed by atoms with E-state index in [0.717, 1.165) is 24.3 Å². The average Bonchev–Trinajstić information content (AvgIpc) is 3.21. The van der Waals surface area contributed by atoms with Crippen molar-refractivity contribution in [2.24, 2.45) is 4.99 Å². The van der Waals surface area contributed by atoms with Gasteiger partial charge in [0.05, 0.1) is 12.1 Å². The van der Waals surface area contributed by atoms with Crippen LogP contribution in [0.1, 0.15) is 57.1 Å². The van der Waals surface area contributed by atoms with Gasteiger partial charge in [-0.2, -0.15) is 0 Å². The van der Waals surface area contributed by atoms with Crippen molar-refractivity contribution in [1.29, 1.82) is 0 Å². The Kier molecular flexibility index (Phi) is 4.43. The van der Waals surface area contributed by atoms with Crippen molar-refractivity contribution in [2.75, 3.05) is 13.1 Å². The average molecular weight is 333 g/mol. The van der Waals surface area contributed by atoms with Crippen LogP contribution in [0.5, 0.6) is 0 Å². The van der Waals surface area contributed by atoms with Crippen LogP contribution in [0.4, 0.5) is 0 Å². The van der Waals surface area contributed by atoms with E-state index in [1.54, 1.807) is 0 Å². The summed E-state index contributed by atoms with van der Waals surface area (Å²) in [6.45, 7) is 8.41. The molecule has 1 aromatic heterocycles. The fourth-order valence-electron chi connectivity index (χ4n) is 4.66. The number of hydrogen-bond acceptors (Lipinski definition) is 3. The molecule has 130 valence electrons. The second-order valence-electron chi connectivity index (χ2n) is 7.39. The Morgan fingerprint density at radius 1 is 1.20 bits per heavy atom. The molecule has 3 nitrogen and oxygen atoms in total. The van der Waals surface area contributed by atoms with Crippen LogP contribution in [0.25, 0.3) is 16.5 Å². The molecule has 25 heavy (non-hydrogen) atoms. The molecule has 0 spiro atoms. The summed E-state index contributed by atoms with van der Waals surface area (Å²) >= 11 is 0. The molecule has 2 aliphatic rings. The SMILES string of the molecule is CCNC1CCCC1c1cc(C2=C(C)CN=C2C)cc2ncccc12. The van der Waals surface area contributed by atoms with Gasteiger partial charge in [0.25, 0.3) is 0 Å². The Morgan fingerprint density at radius 3 is 2.84 bits per heavy atom. The first-order valence-electron chi connectivity index (χ1n) is 9.52. The van der Waals surface area contributed by atoms with Gasteiger partial charge in [0, 0.05) is 28.9 Å². The van der Waals surface area contributed by atoms with Crippen molar-refractivity contribution < 1.29 is 0 Å². The smallest absolute Gasteiger partial charge is 0.0711 e. The Labute approximate surface area is 150 Å². The monoisotopic (exact) mass is 333 g/mol. The molecule has 2 atom stereocenters. The summed E-state index contributed by atoms with van der Waals surface area (Å²) in [5.41, 5.74) is 7.72. The number of rotatable bonds is 4. The lowest BCUT2D eigenvalue weighted by Gasteiger charge is -2.23. The van der Waals surface area contributed by atoms with E-state index in [1.807, 2.05) is 6.20 Å². The molecule has 1 fully saturated rings. The Morgan fingerprint density at radius 2 is 2.08 bits per heavy atom. The summed E-state index contributed by atoms with van der Waals surface area (Å²) in [4.78, 5) is 9.32. The first-order valence-corrected chi connectivity index (χ1v) is 9.52. The maximum Gasteiger partial charge on any atom is 0.0711 e. The molecule has 0 saturated heterocycles. The van der Waals surface area contributed by atoms with E-state index >= 15 is 0 Å². The lowest BCUT2D eigenvalue weighted by atomic mass is 9.87. The maximum atomic E-state index is 4.68. The number of fused-ring (bicyclic) bond motifs is 1. The van der Waals surface area contributed by atoms with Crippen LogP contribution < -0.4 is 5.32 Å². The van der Waals surface area contributed by atoms with E-state index in [-0.39, 0.29) is 0 Å². The number of pyridine rings is 1. The van der Waals surface area contributed by atoms with E-state index in [2.05, 4.69) is 60.3 Å². The normalized spacial score (nSPS) is 23.6. The third-order valence-electron chi connectivity index (χ3n) is 5.77. The van der Waals surface area contributed by atoms with E-state index in [1.165, 1.54) is 46.9 Å². The molecule has 1 saturated carbocycles. The summed E-state index contributed by atoms with van der Waals surface area (Å²) in [6.07, 6.45) is 5.74. The van der Waals surface area contributed by atoms with Crippen molar-refractivity contribution in [3.63, 3.8) is 0 Å². The van der Waals surface area contributed by atoms with Crippen molar-refractivity contribution in [1.82, 2.24) is 10.3 Å². The summed E-state index contributed by atoms with van der Waals surface area (Å²) in [7, 11) is 0. The zero-order valence-corrected chi connectivity index (χ0v) is 15.5. The minimum atomic E-state index is 0.575. The molecule has 3 heteroatoms. The number of nitrogens with one attached hydrogen (secondary N) is 1. The highest BCUT2D eigenvalue weighted by molar-refractivity contribution is 6.25. The van der Waals surface area contributed by atoms with Crippen LogP contribution in [-0.2, 0) is 0 Å². The van der Waals surface area contributed by atoms with Crippen LogP contribution >= 0.6 is 0 Å². The summed E-state index contributed by atoms with van der Waals surface area (Å²) in [6, 6.07) is 9.55. The summed E-state index contributed by atoms with van der Waals surface area (Å²) in [5, 5.41) is 5.02. The second kappa shape index (κ2) is 6.72. The van der Waals surface area contributed by atoms with Gasteiger partial charge in [0.2, 0.25) is 0 Å². The molecule has 2 heterocycles. The van der Waals surface area contributed by atoms with Crippen LogP contribution in [-0.4, -0.2) is 29.8 Å². The van der Waals surface area contributed by atoms with Gasteiger partial charge >= 0.3 is 0 Å². The summed E-state index contributed by atoms with van der Waals surface area (Å²) < 4.78 is 0. The molecule has 1 aliphatic carbocycles. The van der Waals surface area contributed by atoms with Crippen LogP contribution in [0.2, 0.25) is 0 Å². The largest absolute Gasteiger partial charge is 0.314 e. The number of benzene rings is 1. The van der Waals surface area contributed by atoms with Gasteiger partial charge in [-0.1, -0.05) is 19.4 Å². The van der Waals surface area contributed by atoms with Gasteiger partial charge in [0.15, 0.2) is 0 Å².